The summed E-state index contributed by atoms with van der Waals surface area (Å²) in [5, 5.41) is 0. The third kappa shape index (κ3) is 1.80. The van der Waals surface area contributed by atoms with Crippen LogP contribution in [-0.2, 0) is 0 Å². The van der Waals surface area contributed by atoms with E-state index >= 15 is 0 Å². The molecule has 1 aliphatic heterocycles. The number of hydrogen-bond donors (Lipinski definition) is 1. The molecule has 0 saturated carbocycles. The highest BCUT2D eigenvalue weighted by Crippen LogP contribution is 2.22. The molecule has 0 radical (unpaired) electrons. The Morgan fingerprint density at radius 2 is 1.71 bits per heavy atom. The van der Waals surface area contributed by atoms with Crippen molar-refractivity contribution in [2.45, 2.75) is 13.0 Å². The maximum absolute atomic E-state index is 5.65. The zero-order chi connectivity index (χ0) is 9.97. The predicted octanol–water partition coefficient (Wildman–Crippen LogP) is 2.20. The fourth-order valence-electron chi connectivity index (χ4n) is 1.80. The molecule has 74 valence electrons. The molecule has 2 heteroatoms. The van der Waals surface area contributed by atoms with Crippen LogP contribution in [0.4, 0.5) is 5.69 Å². The first-order chi connectivity index (χ1) is 6.77. The van der Waals surface area contributed by atoms with Gasteiger partial charge in [-0.1, -0.05) is 24.3 Å². The minimum Gasteiger partial charge on any atom is -0.399 e. The third-order valence-corrected chi connectivity index (χ3v) is 2.81. The van der Waals surface area contributed by atoms with Gasteiger partial charge in [-0.25, -0.2) is 0 Å². The molecule has 1 aromatic carbocycles. The summed E-state index contributed by atoms with van der Waals surface area (Å²) in [7, 11) is 0. The van der Waals surface area contributed by atoms with E-state index in [0.29, 0.717) is 6.04 Å². The molecule has 1 aliphatic rings. The molecule has 1 aromatic rings. The predicted molar refractivity (Wildman–Crippen MR) is 60.0 cm³/mol. The van der Waals surface area contributed by atoms with E-state index in [1.165, 1.54) is 5.56 Å². The van der Waals surface area contributed by atoms with E-state index < -0.39 is 0 Å². The lowest BCUT2D eigenvalue weighted by Gasteiger charge is -2.24. The first kappa shape index (κ1) is 9.28. The van der Waals surface area contributed by atoms with E-state index in [2.05, 4.69) is 36.1 Å². The molecule has 0 amide bonds. The lowest BCUT2D eigenvalue weighted by molar-refractivity contribution is 0.274. The first-order valence-electron chi connectivity index (χ1n) is 5.02. The Hall–Kier alpha value is -1.28. The second-order valence-corrected chi connectivity index (χ2v) is 3.77. The molecule has 0 bridgehead atoms. The average Bonchev–Trinajstić information content (AvgIpc) is 2.71. The fourth-order valence-corrected chi connectivity index (χ4v) is 1.80. The molecule has 14 heavy (non-hydrogen) atoms. The topological polar surface area (TPSA) is 29.3 Å². The smallest absolute Gasteiger partial charge is 0.0326 e. The van der Waals surface area contributed by atoms with Crippen molar-refractivity contribution >= 4 is 5.69 Å². The van der Waals surface area contributed by atoms with Gasteiger partial charge in [0.25, 0.3) is 0 Å². The van der Waals surface area contributed by atoms with Crippen molar-refractivity contribution in [2.75, 3.05) is 18.8 Å². The summed E-state index contributed by atoms with van der Waals surface area (Å²) in [6.45, 7) is 4.36. The number of hydrogen-bond acceptors (Lipinski definition) is 2. The Labute approximate surface area is 85.0 Å². The van der Waals surface area contributed by atoms with Crippen molar-refractivity contribution in [2.24, 2.45) is 0 Å². The van der Waals surface area contributed by atoms with E-state index in [9.17, 15) is 0 Å². The summed E-state index contributed by atoms with van der Waals surface area (Å²) in [4.78, 5) is 2.42. The van der Waals surface area contributed by atoms with Crippen LogP contribution in [-0.4, -0.2) is 18.0 Å². The molecule has 2 N–H and O–H groups in total. The Kier molecular flexibility index (Phi) is 2.55. The van der Waals surface area contributed by atoms with E-state index in [1.54, 1.807) is 0 Å². The van der Waals surface area contributed by atoms with E-state index in [1.807, 2.05) is 12.1 Å². The number of anilines is 1. The largest absolute Gasteiger partial charge is 0.399 e. The Bertz CT molecular complexity index is 319. The van der Waals surface area contributed by atoms with Gasteiger partial charge in [-0.15, -0.1) is 0 Å². The molecule has 2 nitrogen and oxygen atoms in total. The molecule has 0 spiro atoms. The summed E-state index contributed by atoms with van der Waals surface area (Å²) >= 11 is 0. The maximum Gasteiger partial charge on any atom is 0.0326 e. The lowest BCUT2D eigenvalue weighted by Crippen LogP contribution is -2.23. The molecule has 0 aliphatic carbocycles. The van der Waals surface area contributed by atoms with Gasteiger partial charge >= 0.3 is 0 Å². The second kappa shape index (κ2) is 3.84. The molecule has 1 heterocycles. The number of nitrogens with zero attached hydrogens (tertiary/aromatic N) is 1. The quantitative estimate of drug-likeness (QED) is 0.569. The van der Waals surface area contributed by atoms with Crippen LogP contribution in [0, 0.1) is 0 Å². The van der Waals surface area contributed by atoms with E-state index in [-0.39, 0.29) is 0 Å². The van der Waals surface area contributed by atoms with Crippen molar-refractivity contribution in [1.29, 1.82) is 0 Å². The summed E-state index contributed by atoms with van der Waals surface area (Å²) in [5.74, 6) is 0. The summed E-state index contributed by atoms with van der Waals surface area (Å²) in [6.07, 6.45) is 4.43. The van der Waals surface area contributed by atoms with Gasteiger partial charge in [0, 0.05) is 24.8 Å². The standard InChI is InChI=1S/C12H16N2/c1-10(14-8-2-3-9-14)11-4-6-12(13)7-5-11/h2-7,10H,8-9,13H2,1H3. The molecule has 0 aromatic heterocycles. The van der Waals surface area contributed by atoms with Gasteiger partial charge in [0.1, 0.15) is 0 Å². The summed E-state index contributed by atoms with van der Waals surface area (Å²) < 4.78 is 0. The highest BCUT2D eigenvalue weighted by atomic mass is 15.2. The minimum atomic E-state index is 0.477. The van der Waals surface area contributed by atoms with Gasteiger partial charge in [-0.2, -0.15) is 0 Å². The van der Waals surface area contributed by atoms with Crippen molar-refractivity contribution in [1.82, 2.24) is 4.90 Å². The molecule has 0 fully saturated rings. The highest BCUT2D eigenvalue weighted by molar-refractivity contribution is 5.40. The van der Waals surface area contributed by atoms with Crippen LogP contribution >= 0.6 is 0 Å². The second-order valence-electron chi connectivity index (χ2n) is 3.77. The Balaban J connectivity index is 2.10. The normalized spacial score (nSPS) is 18.6. The highest BCUT2D eigenvalue weighted by Gasteiger charge is 2.15. The van der Waals surface area contributed by atoms with Crippen LogP contribution in [0.25, 0.3) is 0 Å². The SMILES string of the molecule is CC(c1ccc(N)cc1)N1CC=CC1. The summed E-state index contributed by atoms with van der Waals surface area (Å²) in [6, 6.07) is 8.63. The number of benzene rings is 1. The van der Waals surface area contributed by atoms with Gasteiger partial charge in [-0.3, -0.25) is 4.90 Å². The summed E-state index contributed by atoms with van der Waals surface area (Å²) in [5.41, 5.74) is 7.82. The van der Waals surface area contributed by atoms with E-state index in [0.717, 1.165) is 18.8 Å². The van der Waals surface area contributed by atoms with Gasteiger partial charge < -0.3 is 5.73 Å². The third-order valence-electron chi connectivity index (χ3n) is 2.81. The van der Waals surface area contributed by atoms with Gasteiger partial charge in [0.2, 0.25) is 0 Å². The van der Waals surface area contributed by atoms with Gasteiger partial charge in [0.15, 0.2) is 0 Å². The first-order valence-corrected chi connectivity index (χ1v) is 5.02. The Morgan fingerprint density at radius 3 is 2.29 bits per heavy atom. The fraction of sp³-hybridized carbons (Fsp3) is 0.333. The van der Waals surface area contributed by atoms with Gasteiger partial charge in [0.05, 0.1) is 0 Å². The van der Waals surface area contributed by atoms with Crippen molar-refractivity contribution < 1.29 is 0 Å². The molecular weight excluding hydrogens is 172 g/mol. The van der Waals surface area contributed by atoms with Crippen molar-refractivity contribution in [3.05, 3.63) is 42.0 Å². The minimum absolute atomic E-state index is 0.477. The van der Waals surface area contributed by atoms with Crippen LogP contribution in [0.15, 0.2) is 36.4 Å². The zero-order valence-electron chi connectivity index (χ0n) is 8.48. The van der Waals surface area contributed by atoms with Crippen LogP contribution < -0.4 is 5.73 Å². The van der Waals surface area contributed by atoms with Crippen LogP contribution in [0.3, 0.4) is 0 Å². The maximum atomic E-state index is 5.65. The number of rotatable bonds is 2. The van der Waals surface area contributed by atoms with Crippen LogP contribution in [0.1, 0.15) is 18.5 Å². The van der Waals surface area contributed by atoms with Crippen LogP contribution in [0.5, 0.6) is 0 Å². The number of nitrogens with two attached hydrogens (primary N) is 1. The van der Waals surface area contributed by atoms with E-state index in [4.69, 9.17) is 5.73 Å². The van der Waals surface area contributed by atoms with Crippen molar-refractivity contribution in [3.8, 4) is 0 Å². The van der Waals surface area contributed by atoms with Gasteiger partial charge in [-0.05, 0) is 24.6 Å². The molecule has 2 rings (SSSR count). The molecule has 1 atom stereocenters. The number of nitrogen functional groups attached to an aromatic ring is 1. The molecule has 0 saturated heterocycles. The zero-order valence-corrected chi connectivity index (χ0v) is 8.48. The molecular formula is C12H16N2. The average molecular weight is 188 g/mol. The molecule has 1 unspecified atom stereocenters. The van der Waals surface area contributed by atoms with Crippen LogP contribution in [0.2, 0.25) is 0 Å². The lowest BCUT2D eigenvalue weighted by atomic mass is 10.1. The van der Waals surface area contributed by atoms with Crippen molar-refractivity contribution in [3.63, 3.8) is 0 Å². The Morgan fingerprint density at radius 1 is 1.14 bits per heavy atom. The monoisotopic (exact) mass is 188 g/mol.